The Morgan fingerprint density at radius 3 is 2.75 bits per heavy atom. The van der Waals surface area contributed by atoms with E-state index in [9.17, 15) is 4.79 Å². The van der Waals surface area contributed by atoms with Crippen molar-refractivity contribution in [2.45, 2.75) is 25.8 Å². The average Bonchev–Trinajstić information content (AvgIpc) is 2.64. The first-order valence-electron chi connectivity index (χ1n) is 4.99. The van der Waals surface area contributed by atoms with Crippen molar-refractivity contribution < 1.29 is 4.79 Å². The molecule has 0 spiro atoms. The highest BCUT2D eigenvalue weighted by Gasteiger charge is 2.28. The predicted molar refractivity (Wildman–Crippen MR) is 66.2 cm³/mol. The van der Waals surface area contributed by atoms with Crippen molar-refractivity contribution in [2.24, 2.45) is 12.8 Å². The molecule has 3 N–H and O–H groups in total. The van der Waals surface area contributed by atoms with Crippen LogP contribution in [0.2, 0.25) is 0 Å². The van der Waals surface area contributed by atoms with Crippen molar-refractivity contribution in [2.75, 3.05) is 0 Å². The van der Waals surface area contributed by atoms with Crippen LogP contribution in [0, 0.1) is 0 Å². The molecule has 1 aromatic rings. The van der Waals surface area contributed by atoms with Gasteiger partial charge in [-0.1, -0.05) is 19.1 Å². The summed E-state index contributed by atoms with van der Waals surface area (Å²) in [5.41, 5.74) is 5.30. The molecular formula is C10H16N4OS. The van der Waals surface area contributed by atoms with Gasteiger partial charge in [-0.05, 0) is 13.3 Å². The summed E-state index contributed by atoms with van der Waals surface area (Å²) in [6, 6.07) is 0. The van der Waals surface area contributed by atoms with Crippen molar-refractivity contribution in [3.05, 3.63) is 18.2 Å². The summed E-state index contributed by atoms with van der Waals surface area (Å²) in [7, 11) is 1.80. The lowest BCUT2D eigenvalue weighted by Crippen LogP contribution is -2.54. The fourth-order valence-corrected chi connectivity index (χ4v) is 1.36. The SMILES string of the molecule is CCC(C)(NC(=O)c1cn(C)cn1)C(N)=S. The number of rotatable bonds is 4. The van der Waals surface area contributed by atoms with Crippen LogP contribution in [0.3, 0.4) is 0 Å². The van der Waals surface area contributed by atoms with Gasteiger partial charge in [-0.25, -0.2) is 4.98 Å². The lowest BCUT2D eigenvalue weighted by atomic mass is 9.99. The van der Waals surface area contributed by atoms with Crippen molar-refractivity contribution in [1.29, 1.82) is 0 Å². The van der Waals surface area contributed by atoms with Gasteiger partial charge < -0.3 is 15.6 Å². The number of nitrogens with one attached hydrogen (secondary N) is 1. The third kappa shape index (κ3) is 2.57. The van der Waals surface area contributed by atoms with Gasteiger partial charge in [0, 0.05) is 13.2 Å². The third-order valence-electron chi connectivity index (χ3n) is 2.58. The second kappa shape index (κ2) is 4.61. The van der Waals surface area contributed by atoms with E-state index in [0.717, 1.165) is 0 Å². The van der Waals surface area contributed by atoms with Crippen LogP contribution in [0.15, 0.2) is 12.5 Å². The molecule has 0 bridgehead atoms. The highest BCUT2D eigenvalue weighted by Crippen LogP contribution is 2.10. The Morgan fingerprint density at radius 2 is 2.38 bits per heavy atom. The number of amides is 1. The standard InChI is InChI=1S/C10H16N4OS/c1-4-10(2,9(11)16)13-8(15)7-5-14(3)6-12-7/h5-6H,4H2,1-3H3,(H2,11,16)(H,13,15). The summed E-state index contributed by atoms with van der Waals surface area (Å²) in [4.78, 5) is 16.1. The summed E-state index contributed by atoms with van der Waals surface area (Å²) in [6.45, 7) is 3.72. The number of thiocarbonyl (C=S) groups is 1. The molecule has 1 rings (SSSR count). The molecule has 1 aromatic heterocycles. The number of carbonyl (C=O) groups is 1. The van der Waals surface area contributed by atoms with Crippen LogP contribution in [0.5, 0.6) is 0 Å². The molecule has 0 aliphatic heterocycles. The van der Waals surface area contributed by atoms with Gasteiger partial charge in [0.25, 0.3) is 5.91 Å². The number of carbonyl (C=O) groups excluding carboxylic acids is 1. The van der Waals surface area contributed by atoms with Crippen LogP contribution in [-0.2, 0) is 7.05 Å². The van der Waals surface area contributed by atoms with Crippen LogP contribution < -0.4 is 11.1 Å². The molecule has 0 radical (unpaired) electrons. The zero-order valence-corrected chi connectivity index (χ0v) is 10.5. The monoisotopic (exact) mass is 240 g/mol. The summed E-state index contributed by atoms with van der Waals surface area (Å²) >= 11 is 4.94. The molecule has 16 heavy (non-hydrogen) atoms. The highest BCUT2D eigenvalue weighted by atomic mass is 32.1. The Labute approximate surface area is 100 Å². The molecule has 1 heterocycles. The van der Waals surface area contributed by atoms with E-state index in [1.54, 1.807) is 31.1 Å². The van der Waals surface area contributed by atoms with Crippen LogP contribution in [0.4, 0.5) is 0 Å². The number of hydrogen-bond acceptors (Lipinski definition) is 3. The third-order valence-corrected chi connectivity index (χ3v) is 3.03. The van der Waals surface area contributed by atoms with Crippen LogP contribution >= 0.6 is 12.2 Å². The van der Waals surface area contributed by atoms with Gasteiger partial charge in [-0.2, -0.15) is 0 Å². The van der Waals surface area contributed by atoms with Crippen molar-refractivity contribution in [3.63, 3.8) is 0 Å². The molecular weight excluding hydrogens is 224 g/mol. The van der Waals surface area contributed by atoms with E-state index in [0.29, 0.717) is 12.1 Å². The molecule has 0 saturated carbocycles. The molecule has 1 atom stereocenters. The molecule has 0 aliphatic carbocycles. The van der Waals surface area contributed by atoms with Crippen LogP contribution in [0.1, 0.15) is 30.8 Å². The smallest absolute Gasteiger partial charge is 0.272 e. The Balaban J connectivity index is 2.81. The average molecular weight is 240 g/mol. The van der Waals surface area contributed by atoms with Crippen molar-refractivity contribution >= 4 is 23.1 Å². The molecule has 6 heteroatoms. The summed E-state index contributed by atoms with van der Waals surface area (Å²) in [5.74, 6) is -0.266. The maximum atomic E-state index is 11.8. The second-order valence-electron chi connectivity index (χ2n) is 3.93. The second-order valence-corrected chi connectivity index (χ2v) is 4.37. The maximum Gasteiger partial charge on any atom is 0.272 e. The Bertz CT molecular complexity index is 415. The van der Waals surface area contributed by atoms with E-state index >= 15 is 0 Å². The van der Waals surface area contributed by atoms with E-state index in [1.165, 1.54) is 0 Å². The number of imidazole rings is 1. The molecule has 0 fully saturated rings. The van der Waals surface area contributed by atoms with Gasteiger partial charge in [0.05, 0.1) is 16.9 Å². The van der Waals surface area contributed by atoms with E-state index < -0.39 is 5.54 Å². The lowest BCUT2D eigenvalue weighted by molar-refractivity contribution is 0.0922. The fraction of sp³-hybridized carbons (Fsp3) is 0.500. The molecule has 1 amide bonds. The molecule has 0 saturated heterocycles. The van der Waals surface area contributed by atoms with E-state index in [-0.39, 0.29) is 10.9 Å². The van der Waals surface area contributed by atoms with Crippen LogP contribution in [0.25, 0.3) is 0 Å². The van der Waals surface area contributed by atoms with Gasteiger partial charge in [0.1, 0.15) is 5.69 Å². The molecule has 88 valence electrons. The van der Waals surface area contributed by atoms with E-state index in [1.807, 2.05) is 6.92 Å². The zero-order chi connectivity index (χ0) is 12.3. The van der Waals surface area contributed by atoms with Gasteiger partial charge in [-0.15, -0.1) is 0 Å². The number of nitrogens with two attached hydrogens (primary N) is 1. The quantitative estimate of drug-likeness (QED) is 0.756. The summed E-state index contributed by atoms with van der Waals surface area (Å²) in [6.07, 6.45) is 3.85. The predicted octanol–water partition coefficient (Wildman–Crippen LogP) is 0.605. The van der Waals surface area contributed by atoms with E-state index in [4.69, 9.17) is 18.0 Å². The summed E-state index contributed by atoms with van der Waals surface area (Å²) in [5, 5.41) is 2.79. The van der Waals surface area contributed by atoms with Crippen molar-refractivity contribution in [1.82, 2.24) is 14.9 Å². The number of hydrogen-bond donors (Lipinski definition) is 2. The lowest BCUT2D eigenvalue weighted by Gasteiger charge is -2.27. The van der Waals surface area contributed by atoms with Crippen molar-refractivity contribution in [3.8, 4) is 0 Å². The number of nitrogens with zero attached hydrogens (tertiary/aromatic N) is 2. The van der Waals surface area contributed by atoms with E-state index in [2.05, 4.69) is 10.3 Å². The minimum atomic E-state index is -0.663. The summed E-state index contributed by atoms with van der Waals surface area (Å²) < 4.78 is 1.71. The minimum Gasteiger partial charge on any atom is -0.391 e. The number of aromatic nitrogens is 2. The molecule has 0 aliphatic rings. The fourth-order valence-electron chi connectivity index (χ4n) is 1.17. The Kier molecular flexibility index (Phi) is 3.64. The van der Waals surface area contributed by atoms with Gasteiger partial charge in [0.2, 0.25) is 0 Å². The minimum absolute atomic E-state index is 0.266. The Morgan fingerprint density at radius 1 is 1.75 bits per heavy atom. The molecule has 0 aromatic carbocycles. The van der Waals surface area contributed by atoms with Gasteiger partial charge >= 0.3 is 0 Å². The van der Waals surface area contributed by atoms with Crippen LogP contribution in [-0.4, -0.2) is 26.0 Å². The largest absolute Gasteiger partial charge is 0.391 e. The van der Waals surface area contributed by atoms with Gasteiger partial charge in [0.15, 0.2) is 0 Å². The number of aryl methyl sites for hydroxylation is 1. The normalized spacial score (nSPS) is 14.2. The first-order chi connectivity index (χ1) is 7.39. The zero-order valence-electron chi connectivity index (χ0n) is 9.65. The Hall–Kier alpha value is -1.43. The highest BCUT2D eigenvalue weighted by molar-refractivity contribution is 7.80. The molecule has 5 nitrogen and oxygen atoms in total. The maximum absolute atomic E-state index is 11.8. The molecule has 1 unspecified atom stereocenters. The van der Waals surface area contributed by atoms with Gasteiger partial charge in [-0.3, -0.25) is 4.79 Å². The topological polar surface area (TPSA) is 72.9 Å². The first-order valence-corrected chi connectivity index (χ1v) is 5.40. The first kappa shape index (κ1) is 12.6.